The van der Waals surface area contributed by atoms with Crippen LogP contribution in [0.4, 0.5) is 0 Å². The summed E-state index contributed by atoms with van der Waals surface area (Å²) in [6.07, 6.45) is -4.36. The molecular weight excluding hydrogens is 963 g/mol. The van der Waals surface area contributed by atoms with Gasteiger partial charge in [0.1, 0.15) is 29.0 Å². The number of carbonyl (C=O) groups is 6. The third-order valence-corrected chi connectivity index (χ3v) is 14.3. The van der Waals surface area contributed by atoms with Crippen molar-refractivity contribution in [1.29, 1.82) is 0 Å². The highest BCUT2D eigenvalue weighted by Gasteiger charge is 2.55. The van der Waals surface area contributed by atoms with Gasteiger partial charge in [-0.1, -0.05) is 12.1 Å². The highest BCUT2D eigenvalue weighted by molar-refractivity contribution is 6.31. The molecule has 2 aliphatic carbocycles. The predicted octanol–water partition coefficient (Wildman–Crippen LogP) is 1.01. The van der Waals surface area contributed by atoms with Crippen LogP contribution in [0, 0.1) is 5.92 Å². The lowest BCUT2D eigenvalue weighted by atomic mass is 9.72. The third kappa shape index (κ3) is 11.7. The fourth-order valence-electron chi connectivity index (χ4n) is 10.6. The second-order valence-electron chi connectivity index (χ2n) is 18.9. The van der Waals surface area contributed by atoms with E-state index in [0.717, 1.165) is 0 Å². The number of ether oxygens (including phenoxy) is 10. The predicted molar refractivity (Wildman–Crippen MR) is 249 cm³/mol. The number of nitrogens with zero attached hydrogens (tertiary/aromatic N) is 2. The van der Waals surface area contributed by atoms with Crippen molar-refractivity contribution >= 4 is 35.1 Å². The number of phenols is 2. The minimum absolute atomic E-state index is 0.0205. The molecule has 4 heterocycles. The minimum Gasteiger partial charge on any atom is -0.507 e. The molecule has 0 spiro atoms. The largest absolute Gasteiger partial charge is 0.507 e. The number of aliphatic hydroxyl groups is 1. The Morgan fingerprint density at radius 2 is 1.49 bits per heavy atom. The number of methoxy groups -OCH3 is 2. The van der Waals surface area contributed by atoms with Gasteiger partial charge in [-0.05, 0) is 25.8 Å². The molecule has 4 saturated heterocycles. The lowest BCUT2D eigenvalue weighted by molar-refractivity contribution is -0.256. The molecule has 8 atom stereocenters. The average Bonchev–Trinajstić information content (AvgIpc) is 3.77. The average molecular weight is 1030 g/mol. The molecule has 2 amide bonds. The maximum absolute atomic E-state index is 14.2. The van der Waals surface area contributed by atoms with Crippen molar-refractivity contribution in [2.75, 3.05) is 99.9 Å². The number of hydrogen-bond acceptors (Lipinski definition) is 20. The number of phenolic OH excluding ortho intramolecular Hbond substituents is 2. The Morgan fingerprint density at radius 3 is 2.15 bits per heavy atom. The SMILES string of the molecule is COc1cccc2c1C(=O)c1c(O)c3c(c(O)c1C2=O)C[C@@](O)(C(=O)NCC(=O)CCOCCOCCOCCOCCC(=O)N1CCC(C(=O)O)CC1)C[C@@H]3O[C@H]1C[C@H]2[C@H](O[C@@H]3[C@@H](OC)OCCN32)[C@H](C)O1. The maximum Gasteiger partial charge on any atom is 0.306 e. The van der Waals surface area contributed by atoms with Crippen LogP contribution in [0.15, 0.2) is 18.2 Å². The summed E-state index contributed by atoms with van der Waals surface area (Å²) in [5.41, 5.74) is -3.83. The van der Waals surface area contributed by atoms with Crippen LogP contribution in [-0.2, 0) is 68.2 Å². The monoisotopic (exact) mass is 1030 g/mol. The van der Waals surface area contributed by atoms with Crippen LogP contribution in [0.3, 0.4) is 0 Å². The number of hydrogen-bond donors (Lipinski definition) is 5. The van der Waals surface area contributed by atoms with E-state index < -0.39 is 120 Å². The molecule has 2 aromatic carbocycles. The lowest BCUT2D eigenvalue weighted by Gasteiger charge is -2.43. The second kappa shape index (κ2) is 24.0. The first-order chi connectivity index (χ1) is 35.1. The van der Waals surface area contributed by atoms with Gasteiger partial charge in [-0.15, -0.1) is 0 Å². The fraction of sp³-hybridized carbons (Fsp3) is 0.640. The number of carboxylic acid groups (broad SMARTS) is 1. The van der Waals surface area contributed by atoms with Gasteiger partial charge in [-0.2, -0.15) is 0 Å². The van der Waals surface area contributed by atoms with Gasteiger partial charge < -0.3 is 78.0 Å². The molecular formula is C50H65N3O20. The van der Waals surface area contributed by atoms with Crippen molar-refractivity contribution in [2.45, 2.75) is 101 Å². The van der Waals surface area contributed by atoms with Gasteiger partial charge in [0, 0.05) is 75.2 Å². The Labute approximate surface area is 421 Å². The number of Topliss-reactive ketones (excluding diaryl/α,β-unsaturated/α-hetero) is 1. The number of fused-ring (bicyclic) bond motifs is 6. The van der Waals surface area contributed by atoms with E-state index in [-0.39, 0.29) is 92.2 Å². The van der Waals surface area contributed by atoms with Crippen molar-refractivity contribution < 1.29 is 96.6 Å². The molecule has 400 valence electrons. The standard InChI is InChI=1S/C50H65N3O20/c1-27-45-32(53-13-16-70-48(65-3)46(53)73-45)23-36(71-27)72-34-25-50(63,24-31-38(34)44(59)40-39(42(31)57)41(56)30-5-4-6-33(64-2)37(30)43(40)58)49(62)51-26-29(54)9-14-66-17-19-68-21-22-69-20-18-67-15-10-35(55)52-11-7-28(8-12-52)47(60)61/h4-6,27-28,32,34,36,45-46,48,57,59,63H,7-26H2,1-3H3,(H,51,62)(H,60,61)/t27-,32-,34-,36-,45+,46+,48-,50-/m0/s1. The highest BCUT2D eigenvalue weighted by Crippen LogP contribution is 2.53. The van der Waals surface area contributed by atoms with E-state index >= 15 is 0 Å². The number of aromatic hydroxyl groups is 2. The smallest absolute Gasteiger partial charge is 0.306 e. The summed E-state index contributed by atoms with van der Waals surface area (Å²) >= 11 is 0. The van der Waals surface area contributed by atoms with Gasteiger partial charge in [0.2, 0.25) is 11.7 Å². The van der Waals surface area contributed by atoms with E-state index in [1.165, 1.54) is 32.4 Å². The minimum atomic E-state index is -2.37. The third-order valence-electron chi connectivity index (χ3n) is 14.3. The number of aliphatic carboxylic acids is 1. The molecule has 0 radical (unpaired) electrons. The van der Waals surface area contributed by atoms with E-state index in [2.05, 4.69) is 10.2 Å². The van der Waals surface area contributed by atoms with Crippen LogP contribution >= 0.6 is 0 Å². The van der Waals surface area contributed by atoms with Crippen LogP contribution in [-0.4, -0.2) is 208 Å². The zero-order valence-corrected chi connectivity index (χ0v) is 41.2. The van der Waals surface area contributed by atoms with E-state index in [1.807, 2.05) is 6.92 Å². The van der Waals surface area contributed by atoms with E-state index in [9.17, 15) is 44.1 Å². The molecule has 2 aromatic rings. The van der Waals surface area contributed by atoms with E-state index in [1.54, 1.807) is 4.90 Å². The Hall–Kier alpha value is -5.18. The first-order valence-corrected chi connectivity index (χ1v) is 24.7. The fourth-order valence-corrected chi connectivity index (χ4v) is 10.6. The Kier molecular flexibility index (Phi) is 17.8. The van der Waals surface area contributed by atoms with Crippen LogP contribution in [0.2, 0.25) is 0 Å². The molecule has 6 aliphatic rings. The number of rotatable bonds is 23. The molecule has 4 fully saturated rings. The van der Waals surface area contributed by atoms with Gasteiger partial charge >= 0.3 is 5.97 Å². The summed E-state index contributed by atoms with van der Waals surface area (Å²) in [5, 5.41) is 47.9. The number of piperidine rings is 1. The summed E-state index contributed by atoms with van der Waals surface area (Å²) in [5.74, 6) is -5.56. The van der Waals surface area contributed by atoms with Crippen molar-refractivity contribution in [2.24, 2.45) is 5.92 Å². The Balaban J connectivity index is 0.822. The summed E-state index contributed by atoms with van der Waals surface area (Å²) in [6, 6.07) is 4.16. The zero-order chi connectivity index (χ0) is 52.0. The van der Waals surface area contributed by atoms with Crippen LogP contribution in [0.1, 0.15) is 94.5 Å². The number of ketones is 3. The lowest BCUT2D eigenvalue weighted by Crippen LogP contribution is -2.55. The Bertz CT molecular complexity index is 2370. The highest BCUT2D eigenvalue weighted by atomic mass is 16.7. The number of benzene rings is 2. The zero-order valence-electron chi connectivity index (χ0n) is 41.2. The summed E-state index contributed by atoms with van der Waals surface area (Å²) in [7, 11) is 2.86. The molecule has 0 unspecified atom stereocenters. The van der Waals surface area contributed by atoms with Crippen LogP contribution in [0.5, 0.6) is 17.2 Å². The van der Waals surface area contributed by atoms with Crippen molar-refractivity contribution in [3.8, 4) is 17.2 Å². The molecule has 8 rings (SSSR count). The number of carbonyl (C=O) groups excluding carboxylic acids is 5. The number of likely N-dealkylation sites (tertiary alicyclic amines) is 1. The van der Waals surface area contributed by atoms with E-state index in [4.69, 9.17) is 52.5 Å². The van der Waals surface area contributed by atoms with Gasteiger partial charge in [0.25, 0.3) is 5.91 Å². The first kappa shape index (κ1) is 54.1. The van der Waals surface area contributed by atoms with Gasteiger partial charge in [0.05, 0.1) is 114 Å². The quantitative estimate of drug-likeness (QED) is 0.0654. The number of carboxylic acids is 1. The van der Waals surface area contributed by atoms with Gasteiger partial charge in [0.15, 0.2) is 30.4 Å². The number of nitrogens with one attached hydrogen (secondary N) is 1. The van der Waals surface area contributed by atoms with Gasteiger partial charge in [-0.3, -0.25) is 33.7 Å². The summed E-state index contributed by atoms with van der Waals surface area (Å²) in [6.45, 7) is 4.94. The Morgan fingerprint density at radius 1 is 0.836 bits per heavy atom. The number of amides is 2. The topological polar surface area (TPSA) is 294 Å². The molecule has 4 aliphatic heterocycles. The summed E-state index contributed by atoms with van der Waals surface area (Å²) < 4.78 is 57.9. The van der Waals surface area contributed by atoms with Crippen molar-refractivity contribution in [3.05, 3.63) is 51.6 Å². The van der Waals surface area contributed by atoms with Crippen LogP contribution < -0.4 is 10.1 Å². The molecule has 23 nitrogen and oxygen atoms in total. The molecule has 0 saturated carbocycles. The van der Waals surface area contributed by atoms with E-state index in [0.29, 0.717) is 58.9 Å². The molecule has 23 heteroatoms. The molecule has 0 bridgehead atoms. The first-order valence-electron chi connectivity index (χ1n) is 24.7. The van der Waals surface area contributed by atoms with Crippen LogP contribution in [0.25, 0.3) is 0 Å². The van der Waals surface area contributed by atoms with Crippen molar-refractivity contribution in [3.63, 3.8) is 0 Å². The van der Waals surface area contributed by atoms with Gasteiger partial charge in [-0.25, -0.2) is 0 Å². The molecule has 5 N–H and O–H groups in total. The maximum atomic E-state index is 14.2. The molecule has 73 heavy (non-hydrogen) atoms. The number of morpholine rings is 1. The normalized spacial score (nSPS) is 26.8. The second-order valence-corrected chi connectivity index (χ2v) is 18.9. The summed E-state index contributed by atoms with van der Waals surface area (Å²) in [4.78, 5) is 82.4. The van der Waals surface area contributed by atoms with Crippen molar-refractivity contribution in [1.82, 2.24) is 15.1 Å². The molecule has 0 aromatic heterocycles.